The highest BCUT2D eigenvalue weighted by atomic mass is 16.4. The molecule has 1 aliphatic rings. The summed E-state index contributed by atoms with van der Waals surface area (Å²) in [4.78, 5) is 25.7. The second kappa shape index (κ2) is 6.28. The highest BCUT2D eigenvalue weighted by Gasteiger charge is 2.33. The van der Waals surface area contributed by atoms with Crippen molar-refractivity contribution in [2.24, 2.45) is 11.8 Å². The zero-order valence-corrected chi connectivity index (χ0v) is 13.1. The van der Waals surface area contributed by atoms with Crippen molar-refractivity contribution in [2.75, 3.05) is 13.1 Å². The van der Waals surface area contributed by atoms with Gasteiger partial charge in [-0.3, -0.25) is 9.59 Å². The largest absolute Gasteiger partial charge is 0.481 e. The number of benzene rings is 1. The number of piperidine rings is 1. The molecular weight excluding hydrogens is 292 g/mol. The molecule has 2 atom stereocenters. The molecule has 0 spiro atoms. The molecule has 0 aliphatic carbocycles. The van der Waals surface area contributed by atoms with Crippen LogP contribution in [0.1, 0.15) is 23.7 Å². The maximum absolute atomic E-state index is 12.7. The van der Waals surface area contributed by atoms with E-state index in [0.717, 1.165) is 5.69 Å². The topological polar surface area (TPSA) is 62.5 Å². The number of hydrogen-bond acceptors (Lipinski definition) is 2. The Hall–Kier alpha value is -2.56. The summed E-state index contributed by atoms with van der Waals surface area (Å²) in [6.07, 6.45) is 4.38. The van der Waals surface area contributed by atoms with Gasteiger partial charge < -0.3 is 14.6 Å². The second-order valence-corrected chi connectivity index (χ2v) is 6.10. The summed E-state index contributed by atoms with van der Waals surface area (Å²) < 4.78 is 1.95. The summed E-state index contributed by atoms with van der Waals surface area (Å²) in [5, 5.41) is 9.19. The standard InChI is InChI=1S/C18H20N2O3/c1-13-12-20(10-7-16(13)18(22)23)17(21)14-5-4-6-15(11-14)19-8-2-3-9-19/h2-6,8-9,11,13,16H,7,10,12H2,1H3,(H,22,23). The van der Waals surface area contributed by atoms with Gasteiger partial charge in [0, 0.05) is 36.7 Å². The number of carboxylic acid groups (broad SMARTS) is 1. The molecule has 0 radical (unpaired) electrons. The van der Waals surface area contributed by atoms with Crippen LogP contribution in [0, 0.1) is 11.8 Å². The Kier molecular flexibility index (Phi) is 4.19. The van der Waals surface area contributed by atoms with E-state index in [-0.39, 0.29) is 17.7 Å². The number of carbonyl (C=O) groups is 2. The lowest BCUT2D eigenvalue weighted by Crippen LogP contribution is -2.45. The van der Waals surface area contributed by atoms with Gasteiger partial charge in [-0.1, -0.05) is 13.0 Å². The van der Waals surface area contributed by atoms with E-state index < -0.39 is 5.97 Å². The first-order valence-corrected chi connectivity index (χ1v) is 7.82. The monoisotopic (exact) mass is 312 g/mol. The maximum atomic E-state index is 12.7. The lowest BCUT2D eigenvalue weighted by molar-refractivity contribution is -0.145. The molecule has 1 aromatic carbocycles. The fourth-order valence-corrected chi connectivity index (χ4v) is 3.19. The molecule has 5 heteroatoms. The molecule has 3 rings (SSSR count). The van der Waals surface area contributed by atoms with Gasteiger partial charge in [-0.25, -0.2) is 0 Å². The van der Waals surface area contributed by atoms with Gasteiger partial charge in [-0.15, -0.1) is 0 Å². The van der Waals surface area contributed by atoms with Crippen molar-refractivity contribution in [2.45, 2.75) is 13.3 Å². The summed E-state index contributed by atoms with van der Waals surface area (Å²) >= 11 is 0. The van der Waals surface area contributed by atoms with Crippen molar-refractivity contribution in [1.29, 1.82) is 0 Å². The summed E-state index contributed by atoms with van der Waals surface area (Å²) in [7, 11) is 0. The zero-order valence-electron chi connectivity index (χ0n) is 13.1. The van der Waals surface area contributed by atoms with E-state index in [0.29, 0.717) is 25.1 Å². The molecule has 2 aromatic rings. The number of amides is 1. The second-order valence-electron chi connectivity index (χ2n) is 6.10. The number of nitrogens with zero attached hydrogens (tertiary/aromatic N) is 2. The lowest BCUT2D eigenvalue weighted by atomic mass is 9.87. The maximum Gasteiger partial charge on any atom is 0.306 e. The Morgan fingerprint density at radius 3 is 2.57 bits per heavy atom. The number of hydrogen-bond donors (Lipinski definition) is 1. The number of rotatable bonds is 3. The van der Waals surface area contributed by atoms with Gasteiger partial charge >= 0.3 is 5.97 Å². The Balaban J connectivity index is 1.76. The SMILES string of the molecule is CC1CN(C(=O)c2cccc(-n3cccc3)c2)CCC1C(=O)O. The van der Waals surface area contributed by atoms with E-state index in [1.54, 1.807) is 4.90 Å². The minimum absolute atomic E-state index is 0.0298. The summed E-state index contributed by atoms with van der Waals surface area (Å²) in [6.45, 7) is 2.88. The summed E-state index contributed by atoms with van der Waals surface area (Å²) in [6, 6.07) is 11.4. The van der Waals surface area contributed by atoms with Crippen molar-refractivity contribution >= 4 is 11.9 Å². The van der Waals surface area contributed by atoms with Crippen LogP contribution in [0.5, 0.6) is 0 Å². The minimum Gasteiger partial charge on any atom is -0.481 e. The Bertz CT molecular complexity index is 709. The fourth-order valence-electron chi connectivity index (χ4n) is 3.19. The molecule has 23 heavy (non-hydrogen) atoms. The van der Waals surface area contributed by atoms with Gasteiger partial charge in [0.1, 0.15) is 0 Å². The van der Waals surface area contributed by atoms with E-state index in [4.69, 9.17) is 0 Å². The van der Waals surface area contributed by atoms with Crippen molar-refractivity contribution in [3.63, 3.8) is 0 Å². The van der Waals surface area contributed by atoms with Gasteiger partial charge in [0.05, 0.1) is 5.92 Å². The minimum atomic E-state index is -0.765. The van der Waals surface area contributed by atoms with Crippen LogP contribution in [0.15, 0.2) is 48.8 Å². The number of carboxylic acids is 1. The third-order valence-corrected chi connectivity index (χ3v) is 4.51. The van der Waals surface area contributed by atoms with Crippen LogP contribution in [0.4, 0.5) is 0 Å². The highest BCUT2D eigenvalue weighted by molar-refractivity contribution is 5.95. The molecule has 1 amide bonds. The average molecular weight is 312 g/mol. The molecule has 1 N–H and O–H groups in total. The number of aliphatic carboxylic acids is 1. The van der Waals surface area contributed by atoms with Crippen LogP contribution in [-0.4, -0.2) is 39.5 Å². The number of likely N-dealkylation sites (tertiary alicyclic amines) is 1. The van der Waals surface area contributed by atoms with Gasteiger partial charge in [0.25, 0.3) is 5.91 Å². The summed E-state index contributed by atoms with van der Waals surface area (Å²) in [5.41, 5.74) is 1.58. The number of aromatic nitrogens is 1. The summed E-state index contributed by atoms with van der Waals surface area (Å²) in [5.74, 6) is -1.18. The van der Waals surface area contributed by atoms with Crippen LogP contribution >= 0.6 is 0 Å². The van der Waals surface area contributed by atoms with Gasteiger partial charge in [-0.2, -0.15) is 0 Å². The molecule has 1 fully saturated rings. The van der Waals surface area contributed by atoms with E-state index in [9.17, 15) is 14.7 Å². The first-order valence-electron chi connectivity index (χ1n) is 7.82. The Morgan fingerprint density at radius 1 is 1.17 bits per heavy atom. The highest BCUT2D eigenvalue weighted by Crippen LogP contribution is 2.25. The van der Waals surface area contributed by atoms with Crippen LogP contribution in [0.25, 0.3) is 5.69 Å². The molecule has 2 unspecified atom stereocenters. The molecule has 1 saturated heterocycles. The quantitative estimate of drug-likeness (QED) is 0.947. The average Bonchev–Trinajstić information content (AvgIpc) is 3.08. The first-order chi connectivity index (χ1) is 11.1. The van der Waals surface area contributed by atoms with E-state index >= 15 is 0 Å². The normalized spacial score (nSPS) is 21.2. The predicted octanol–water partition coefficient (Wildman–Crippen LogP) is 2.66. The molecule has 5 nitrogen and oxygen atoms in total. The van der Waals surface area contributed by atoms with Gasteiger partial charge in [0.2, 0.25) is 0 Å². The van der Waals surface area contributed by atoms with Crippen molar-refractivity contribution in [3.05, 3.63) is 54.4 Å². The van der Waals surface area contributed by atoms with E-state index in [1.165, 1.54) is 0 Å². The smallest absolute Gasteiger partial charge is 0.306 e. The Labute approximate surface area is 135 Å². The third kappa shape index (κ3) is 3.13. The molecule has 1 aromatic heterocycles. The predicted molar refractivity (Wildman–Crippen MR) is 86.6 cm³/mol. The van der Waals surface area contributed by atoms with Gasteiger partial charge in [-0.05, 0) is 42.7 Å². The van der Waals surface area contributed by atoms with Gasteiger partial charge in [0.15, 0.2) is 0 Å². The van der Waals surface area contributed by atoms with Crippen LogP contribution in [0.2, 0.25) is 0 Å². The van der Waals surface area contributed by atoms with E-state index in [1.807, 2.05) is 60.3 Å². The van der Waals surface area contributed by atoms with Crippen molar-refractivity contribution < 1.29 is 14.7 Å². The fraction of sp³-hybridized carbons (Fsp3) is 0.333. The van der Waals surface area contributed by atoms with Crippen molar-refractivity contribution in [3.8, 4) is 5.69 Å². The Morgan fingerprint density at radius 2 is 1.91 bits per heavy atom. The molecule has 0 saturated carbocycles. The van der Waals surface area contributed by atoms with Crippen LogP contribution < -0.4 is 0 Å². The molecule has 2 heterocycles. The lowest BCUT2D eigenvalue weighted by Gasteiger charge is -2.35. The molecule has 1 aliphatic heterocycles. The third-order valence-electron chi connectivity index (χ3n) is 4.51. The zero-order chi connectivity index (χ0) is 16.4. The van der Waals surface area contributed by atoms with Crippen LogP contribution in [0.3, 0.4) is 0 Å². The van der Waals surface area contributed by atoms with Crippen molar-refractivity contribution in [1.82, 2.24) is 9.47 Å². The first kappa shape index (κ1) is 15.3. The van der Waals surface area contributed by atoms with Crippen LogP contribution in [-0.2, 0) is 4.79 Å². The number of carbonyl (C=O) groups excluding carboxylic acids is 1. The van der Waals surface area contributed by atoms with E-state index in [2.05, 4.69) is 0 Å². The molecular formula is C18H20N2O3. The molecule has 0 bridgehead atoms. The molecule has 120 valence electrons.